The molecule has 12 heavy (non-hydrogen) atoms. The van der Waals surface area contributed by atoms with E-state index in [-0.39, 0.29) is 29.6 Å². The molecule has 1 heterocycles. The van der Waals surface area contributed by atoms with Crippen LogP contribution in [0.1, 0.15) is 10.3 Å². The second-order valence-corrected chi connectivity index (χ2v) is 4.47. The minimum Gasteiger partial charge on any atom is -0.309 e. The molecule has 0 bridgehead atoms. The molecule has 0 spiro atoms. The van der Waals surface area contributed by atoms with Crippen molar-refractivity contribution in [3.63, 3.8) is 0 Å². The summed E-state index contributed by atoms with van der Waals surface area (Å²) in [6, 6.07) is 3.23. The molecule has 4 nitrogen and oxygen atoms in total. The maximum Gasteiger partial charge on any atom is 1.00 e. The molecule has 3 N–H and O–H groups in total. The van der Waals surface area contributed by atoms with Crippen LogP contribution in [0.2, 0.25) is 0 Å². The normalized spacial score (nSPS) is 13.5. The van der Waals surface area contributed by atoms with Crippen molar-refractivity contribution in [2.45, 2.75) is 5.37 Å². The first-order valence-corrected chi connectivity index (χ1v) is 5.15. The van der Waals surface area contributed by atoms with Crippen LogP contribution in [0.15, 0.2) is 17.5 Å². The zero-order valence-electron chi connectivity index (χ0n) is 6.47. The molecule has 1 aromatic heterocycles. The van der Waals surface area contributed by atoms with Gasteiger partial charge in [0.25, 0.3) is 10.1 Å². The zero-order chi connectivity index (χ0) is 8.48. The average Bonchev–Trinajstić information content (AvgIpc) is 2.34. The summed E-state index contributed by atoms with van der Waals surface area (Å²) >= 11 is 1.19. The molecule has 0 fully saturated rings. The van der Waals surface area contributed by atoms with Gasteiger partial charge in [-0.25, -0.2) is 0 Å². The molecular weight excluding hydrogens is 209 g/mol. The van der Waals surface area contributed by atoms with Crippen LogP contribution in [-0.4, -0.2) is 13.0 Å². The van der Waals surface area contributed by atoms with E-state index in [0.717, 1.165) is 0 Å². The van der Waals surface area contributed by atoms with E-state index in [1.54, 1.807) is 17.5 Å². The molecule has 0 radical (unpaired) electrons. The van der Waals surface area contributed by atoms with Crippen molar-refractivity contribution in [2.75, 3.05) is 0 Å². The molecule has 0 saturated carbocycles. The molecule has 1 rings (SSSR count). The molecule has 0 aliphatic rings. The third kappa shape index (κ3) is 3.14. The van der Waals surface area contributed by atoms with Crippen LogP contribution >= 0.6 is 11.3 Å². The molecule has 62 valence electrons. The van der Waals surface area contributed by atoms with Crippen LogP contribution in [0, 0.1) is 0 Å². The van der Waals surface area contributed by atoms with Gasteiger partial charge in [0.1, 0.15) is 0 Å². The molecular formula is C5H7NNaO3S2+. The first kappa shape index (κ1) is 12.6. The minimum atomic E-state index is -4.14. The summed E-state index contributed by atoms with van der Waals surface area (Å²) in [6.45, 7) is 0. The van der Waals surface area contributed by atoms with Crippen molar-refractivity contribution >= 4 is 21.5 Å². The van der Waals surface area contributed by atoms with Gasteiger partial charge in [0.05, 0.1) is 0 Å². The monoisotopic (exact) mass is 216 g/mol. The Morgan fingerprint density at radius 2 is 2.17 bits per heavy atom. The molecule has 1 unspecified atom stereocenters. The first-order valence-electron chi connectivity index (χ1n) is 2.77. The van der Waals surface area contributed by atoms with Crippen LogP contribution in [-0.2, 0) is 10.1 Å². The Kier molecular flexibility index (Phi) is 4.93. The van der Waals surface area contributed by atoms with Crippen LogP contribution in [0.4, 0.5) is 0 Å². The quantitative estimate of drug-likeness (QED) is 0.426. The third-order valence-corrected chi connectivity index (χ3v) is 3.14. The number of thiophene rings is 1. The maximum atomic E-state index is 10.5. The molecule has 0 saturated heterocycles. The Bertz CT molecular complexity index is 320. The minimum absolute atomic E-state index is 0. The topological polar surface area (TPSA) is 80.4 Å². The van der Waals surface area contributed by atoms with Crippen molar-refractivity contribution in [2.24, 2.45) is 5.73 Å². The van der Waals surface area contributed by atoms with Gasteiger partial charge in [-0.2, -0.15) is 8.42 Å². The van der Waals surface area contributed by atoms with Crippen molar-refractivity contribution in [3.8, 4) is 0 Å². The fourth-order valence-corrected chi connectivity index (χ4v) is 2.11. The van der Waals surface area contributed by atoms with Crippen LogP contribution < -0.4 is 35.3 Å². The smallest absolute Gasteiger partial charge is 0.309 e. The van der Waals surface area contributed by atoms with Gasteiger partial charge in [-0.15, -0.1) is 11.3 Å². The summed E-state index contributed by atoms with van der Waals surface area (Å²) in [4.78, 5) is 0.438. The predicted molar refractivity (Wildman–Crippen MR) is 42.8 cm³/mol. The van der Waals surface area contributed by atoms with Gasteiger partial charge in [0, 0.05) is 4.88 Å². The van der Waals surface area contributed by atoms with Crippen LogP contribution in [0.5, 0.6) is 0 Å². The second kappa shape index (κ2) is 4.71. The summed E-state index contributed by atoms with van der Waals surface area (Å²) < 4.78 is 29.4. The summed E-state index contributed by atoms with van der Waals surface area (Å²) in [5, 5.41) is 0.392. The van der Waals surface area contributed by atoms with Gasteiger partial charge >= 0.3 is 29.6 Å². The fraction of sp³-hybridized carbons (Fsp3) is 0.200. The summed E-state index contributed by atoms with van der Waals surface area (Å²) in [5.74, 6) is 0. The SMILES string of the molecule is NC(c1cccs1)S(=O)(=O)O.[Na+]. The van der Waals surface area contributed by atoms with E-state index in [4.69, 9.17) is 10.3 Å². The van der Waals surface area contributed by atoms with E-state index in [2.05, 4.69) is 0 Å². The van der Waals surface area contributed by atoms with Crippen LogP contribution in [0.25, 0.3) is 0 Å². The molecule has 1 aromatic rings. The summed E-state index contributed by atoms with van der Waals surface area (Å²) in [7, 11) is -4.14. The molecule has 0 amide bonds. The summed E-state index contributed by atoms with van der Waals surface area (Å²) in [5.41, 5.74) is 5.19. The van der Waals surface area contributed by atoms with Crippen molar-refractivity contribution < 1.29 is 42.5 Å². The van der Waals surface area contributed by atoms with Gasteiger partial charge < -0.3 is 5.73 Å². The number of nitrogens with two attached hydrogens (primary N) is 1. The molecule has 0 aliphatic heterocycles. The Hall–Kier alpha value is 0.570. The van der Waals surface area contributed by atoms with Gasteiger partial charge in [0.15, 0.2) is 5.37 Å². The van der Waals surface area contributed by atoms with Crippen molar-refractivity contribution in [3.05, 3.63) is 22.4 Å². The van der Waals surface area contributed by atoms with Crippen molar-refractivity contribution in [1.29, 1.82) is 0 Å². The number of hydrogen-bond acceptors (Lipinski definition) is 4. The van der Waals surface area contributed by atoms with Crippen molar-refractivity contribution in [1.82, 2.24) is 0 Å². The van der Waals surface area contributed by atoms with Gasteiger partial charge in [-0.05, 0) is 11.4 Å². The molecule has 0 aliphatic carbocycles. The van der Waals surface area contributed by atoms with E-state index < -0.39 is 15.5 Å². The van der Waals surface area contributed by atoms with E-state index in [9.17, 15) is 8.42 Å². The third-order valence-electron chi connectivity index (χ3n) is 1.14. The maximum absolute atomic E-state index is 10.5. The van der Waals surface area contributed by atoms with E-state index in [1.807, 2.05) is 0 Å². The Labute approximate surface area is 96.8 Å². The summed E-state index contributed by atoms with van der Waals surface area (Å²) in [6.07, 6.45) is 0. The van der Waals surface area contributed by atoms with E-state index in [0.29, 0.717) is 4.88 Å². The van der Waals surface area contributed by atoms with E-state index >= 15 is 0 Å². The average molecular weight is 216 g/mol. The fourth-order valence-electron chi connectivity index (χ4n) is 0.600. The Balaban J connectivity index is 0.00000121. The molecule has 7 heteroatoms. The van der Waals surface area contributed by atoms with Gasteiger partial charge in [-0.3, -0.25) is 4.55 Å². The number of hydrogen-bond donors (Lipinski definition) is 2. The largest absolute Gasteiger partial charge is 1.00 e. The standard InChI is InChI=1S/C5H7NO3S2.Na/c6-5(11(7,8)9)4-2-1-3-10-4;/h1-3,5H,6H2,(H,7,8,9);/q;+1. The Morgan fingerprint density at radius 3 is 2.50 bits per heavy atom. The van der Waals surface area contributed by atoms with Crippen LogP contribution in [0.3, 0.4) is 0 Å². The molecule has 0 aromatic carbocycles. The van der Waals surface area contributed by atoms with Gasteiger partial charge in [0.2, 0.25) is 0 Å². The number of rotatable bonds is 2. The van der Waals surface area contributed by atoms with Gasteiger partial charge in [-0.1, -0.05) is 6.07 Å². The zero-order valence-corrected chi connectivity index (χ0v) is 10.1. The Morgan fingerprint density at radius 1 is 1.58 bits per heavy atom. The van der Waals surface area contributed by atoms with E-state index in [1.165, 1.54) is 11.3 Å². The predicted octanol–water partition coefficient (Wildman–Crippen LogP) is -2.40. The first-order chi connectivity index (χ1) is 5.02. The second-order valence-electron chi connectivity index (χ2n) is 1.95. The molecule has 1 atom stereocenters.